The molecule has 112 valence electrons. The lowest BCUT2D eigenvalue weighted by Crippen LogP contribution is -2.50. The Bertz CT molecular complexity index is 778. The van der Waals surface area contributed by atoms with Gasteiger partial charge in [0.1, 0.15) is 11.6 Å². The lowest BCUT2D eigenvalue weighted by molar-refractivity contribution is 0.424. The average molecular weight is 296 g/mol. The number of aryl methyl sites for hydroxylation is 1. The second-order valence-electron chi connectivity index (χ2n) is 5.45. The molecule has 1 saturated heterocycles. The lowest BCUT2D eigenvalue weighted by Gasteiger charge is -2.40. The highest BCUT2D eigenvalue weighted by Gasteiger charge is 2.28. The Balaban J connectivity index is 1.37. The zero-order chi connectivity index (χ0) is 14.9. The highest BCUT2D eigenvalue weighted by molar-refractivity contribution is 5.47. The van der Waals surface area contributed by atoms with Crippen LogP contribution < -0.4 is 10.2 Å². The zero-order valence-electron chi connectivity index (χ0n) is 12.2. The number of rotatable bonds is 4. The van der Waals surface area contributed by atoms with Crippen LogP contribution in [0.15, 0.2) is 30.7 Å². The van der Waals surface area contributed by atoms with Gasteiger partial charge < -0.3 is 10.2 Å². The molecule has 22 heavy (non-hydrogen) atoms. The van der Waals surface area contributed by atoms with Gasteiger partial charge in [-0.2, -0.15) is 4.52 Å². The first-order chi connectivity index (χ1) is 10.8. The predicted molar refractivity (Wildman–Crippen MR) is 81.7 cm³/mol. The van der Waals surface area contributed by atoms with Gasteiger partial charge in [-0.3, -0.25) is 4.98 Å². The average Bonchev–Trinajstić information content (AvgIpc) is 2.88. The molecular formula is C14H16N8. The summed E-state index contributed by atoms with van der Waals surface area (Å²) in [6, 6.07) is 3.95. The molecule has 3 aromatic heterocycles. The molecule has 0 saturated carbocycles. The van der Waals surface area contributed by atoms with Crippen LogP contribution in [-0.4, -0.2) is 49.4 Å². The maximum Gasteiger partial charge on any atom is 0.178 e. The van der Waals surface area contributed by atoms with Crippen molar-refractivity contribution in [3.05, 3.63) is 36.5 Å². The molecule has 1 aliphatic rings. The summed E-state index contributed by atoms with van der Waals surface area (Å²) in [7, 11) is 0. The third kappa shape index (κ3) is 2.32. The van der Waals surface area contributed by atoms with Gasteiger partial charge in [-0.05, 0) is 19.1 Å². The molecule has 0 bridgehead atoms. The molecule has 1 fully saturated rings. The van der Waals surface area contributed by atoms with Crippen molar-refractivity contribution in [3.63, 3.8) is 0 Å². The summed E-state index contributed by atoms with van der Waals surface area (Å²) in [5.74, 6) is 3.17. The monoisotopic (exact) mass is 296 g/mol. The van der Waals surface area contributed by atoms with Gasteiger partial charge in [0.2, 0.25) is 0 Å². The number of nitrogens with one attached hydrogen (secondary N) is 1. The van der Waals surface area contributed by atoms with Crippen LogP contribution in [0.2, 0.25) is 0 Å². The number of nitrogens with zero attached hydrogens (tertiary/aromatic N) is 7. The zero-order valence-corrected chi connectivity index (χ0v) is 12.2. The van der Waals surface area contributed by atoms with Gasteiger partial charge >= 0.3 is 0 Å². The van der Waals surface area contributed by atoms with E-state index >= 15 is 0 Å². The van der Waals surface area contributed by atoms with Crippen LogP contribution in [0, 0.1) is 12.8 Å². The van der Waals surface area contributed by atoms with Crippen LogP contribution in [0.25, 0.3) is 5.65 Å². The second-order valence-corrected chi connectivity index (χ2v) is 5.45. The van der Waals surface area contributed by atoms with E-state index in [2.05, 4.69) is 35.5 Å². The van der Waals surface area contributed by atoms with Crippen molar-refractivity contribution in [3.8, 4) is 0 Å². The lowest BCUT2D eigenvalue weighted by atomic mass is 10.0. The fourth-order valence-corrected chi connectivity index (χ4v) is 2.58. The van der Waals surface area contributed by atoms with Gasteiger partial charge in [0.25, 0.3) is 0 Å². The first-order valence-electron chi connectivity index (χ1n) is 7.23. The minimum absolute atomic E-state index is 0.585. The molecule has 1 N–H and O–H groups in total. The predicted octanol–water partition coefficient (Wildman–Crippen LogP) is 0.771. The Hall–Kier alpha value is -2.77. The summed E-state index contributed by atoms with van der Waals surface area (Å²) in [5, 5.41) is 16.0. The molecule has 0 aliphatic carbocycles. The minimum atomic E-state index is 0.585. The summed E-state index contributed by atoms with van der Waals surface area (Å²) in [6.45, 7) is 4.75. The molecule has 0 spiro atoms. The molecule has 0 radical (unpaired) electrons. The Morgan fingerprint density at radius 2 is 2.14 bits per heavy atom. The van der Waals surface area contributed by atoms with E-state index in [9.17, 15) is 0 Å². The van der Waals surface area contributed by atoms with Crippen LogP contribution in [0.1, 0.15) is 5.82 Å². The maximum atomic E-state index is 4.58. The fourth-order valence-electron chi connectivity index (χ4n) is 2.58. The molecule has 0 atom stereocenters. The molecule has 3 aromatic rings. The van der Waals surface area contributed by atoms with Crippen LogP contribution in [0.4, 0.5) is 11.6 Å². The third-order valence-electron chi connectivity index (χ3n) is 3.82. The van der Waals surface area contributed by atoms with Crippen LogP contribution in [0.5, 0.6) is 0 Å². The fraction of sp³-hybridized carbons (Fsp3) is 0.357. The van der Waals surface area contributed by atoms with E-state index in [4.69, 9.17) is 0 Å². The van der Waals surface area contributed by atoms with E-state index in [0.29, 0.717) is 5.92 Å². The van der Waals surface area contributed by atoms with E-state index in [1.807, 2.05) is 19.1 Å². The Kier molecular flexibility index (Phi) is 3.06. The summed E-state index contributed by atoms with van der Waals surface area (Å²) >= 11 is 0. The highest BCUT2D eigenvalue weighted by Crippen LogP contribution is 2.23. The van der Waals surface area contributed by atoms with E-state index in [-0.39, 0.29) is 0 Å². The Morgan fingerprint density at radius 3 is 2.95 bits per heavy atom. The first-order valence-corrected chi connectivity index (χ1v) is 7.23. The standard InChI is InChI=1S/C14H16N8/c1-10-18-19-13-2-3-14(20-22(10)13)21-8-11(9-21)6-17-12-7-15-4-5-16-12/h2-5,7,11H,6,8-9H2,1H3,(H,16,17). The smallest absolute Gasteiger partial charge is 0.178 e. The number of hydrogen-bond acceptors (Lipinski definition) is 7. The largest absolute Gasteiger partial charge is 0.368 e. The van der Waals surface area contributed by atoms with Crippen molar-refractivity contribution in [1.29, 1.82) is 0 Å². The van der Waals surface area contributed by atoms with Crippen molar-refractivity contribution in [1.82, 2.24) is 29.8 Å². The minimum Gasteiger partial charge on any atom is -0.368 e. The number of anilines is 2. The Labute approximate surface area is 127 Å². The quantitative estimate of drug-likeness (QED) is 0.761. The van der Waals surface area contributed by atoms with Crippen LogP contribution >= 0.6 is 0 Å². The second kappa shape index (κ2) is 5.21. The molecule has 4 rings (SSSR count). The van der Waals surface area contributed by atoms with E-state index in [1.165, 1.54) is 0 Å². The van der Waals surface area contributed by atoms with Crippen molar-refractivity contribution in [2.45, 2.75) is 6.92 Å². The molecule has 4 heterocycles. The van der Waals surface area contributed by atoms with Gasteiger partial charge in [-0.1, -0.05) is 0 Å². The first kappa shape index (κ1) is 12.9. The maximum absolute atomic E-state index is 4.58. The van der Waals surface area contributed by atoms with Crippen LogP contribution in [-0.2, 0) is 0 Å². The van der Waals surface area contributed by atoms with Gasteiger partial charge in [0.15, 0.2) is 11.5 Å². The molecule has 0 unspecified atom stereocenters. The molecule has 1 aliphatic heterocycles. The summed E-state index contributed by atoms with van der Waals surface area (Å²) in [4.78, 5) is 10.5. The molecule has 0 aromatic carbocycles. The van der Waals surface area contributed by atoms with E-state index in [1.54, 1.807) is 23.1 Å². The highest BCUT2D eigenvalue weighted by atomic mass is 15.4. The molecule has 8 heteroatoms. The third-order valence-corrected chi connectivity index (χ3v) is 3.82. The number of hydrogen-bond donors (Lipinski definition) is 1. The normalized spacial score (nSPS) is 15.0. The summed E-state index contributed by atoms with van der Waals surface area (Å²) < 4.78 is 1.78. The van der Waals surface area contributed by atoms with Crippen molar-refractivity contribution in [2.75, 3.05) is 29.9 Å². The van der Waals surface area contributed by atoms with Gasteiger partial charge in [0, 0.05) is 37.9 Å². The topological polar surface area (TPSA) is 84.1 Å². The van der Waals surface area contributed by atoms with E-state index < -0.39 is 0 Å². The van der Waals surface area contributed by atoms with Crippen LogP contribution in [0.3, 0.4) is 0 Å². The van der Waals surface area contributed by atoms with Gasteiger partial charge in [0.05, 0.1) is 6.20 Å². The molecular weight excluding hydrogens is 280 g/mol. The van der Waals surface area contributed by atoms with Gasteiger partial charge in [-0.15, -0.1) is 15.3 Å². The Morgan fingerprint density at radius 1 is 1.23 bits per heavy atom. The number of aromatic nitrogens is 6. The van der Waals surface area contributed by atoms with Crippen molar-refractivity contribution < 1.29 is 0 Å². The summed E-state index contributed by atoms with van der Waals surface area (Å²) in [5.41, 5.74) is 0.780. The SMILES string of the molecule is Cc1nnc2ccc(N3CC(CNc4cnccn4)C3)nn12. The van der Waals surface area contributed by atoms with Gasteiger partial charge in [-0.25, -0.2) is 4.98 Å². The van der Waals surface area contributed by atoms with Crippen molar-refractivity contribution in [2.24, 2.45) is 5.92 Å². The molecule has 8 nitrogen and oxygen atoms in total. The number of fused-ring (bicyclic) bond motifs is 1. The molecule has 0 amide bonds. The van der Waals surface area contributed by atoms with Crippen molar-refractivity contribution >= 4 is 17.3 Å². The summed E-state index contributed by atoms with van der Waals surface area (Å²) in [6.07, 6.45) is 5.10. The van der Waals surface area contributed by atoms with E-state index in [0.717, 1.165) is 42.7 Å².